The van der Waals surface area contributed by atoms with Crippen molar-refractivity contribution in [3.63, 3.8) is 0 Å². The van der Waals surface area contributed by atoms with Crippen molar-refractivity contribution in [3.8, 4) is 0 Å². The summed E-state index contributed by atoms with van der Waals surface area (Å²) in [6.45, 7) is 3.19. The molecule has 5 nitrogen and oxygen atoms in total. The summed E-state index contributed by atoms with van der Waals surface area (Å²) in [6, 6.07) is 1.67. The van der Waals surface area contributed by atoms with Crippen molar-refractivity contribution in [2.45, 2.75) is 31.1 Å². The molecule has 1 aromatic carbocycles. The van der Waals surface area contributed by atoms with Crippen LogP contribution in [0.4, 0.5) is 14.5 Å². The molecule has 120 valence electrons. The molecule has 8 heteroatoms. The zero-order chi connectivity index (χ0) is 15.9. The van der Waals surface area contributed by atoms with Crippen molar-refractivity contribution in [2.24, 2.45) is 0 Å². The van der Waals surface area contributed by atoms with Gasteiger partial charge in [0, 0.05) is 19.8 Å². The summed E-state index contributed by atoms with van der Waals surface area (Å²) in [5.74, 6) is -2.27. The lowest BCUT2D eigenvalue weighted by atomic mass is 10.3. The van der Waals surface area contributed by atoms with Gasteiger partial charge in [0.25, 0.3) is 0 Å². The molecule has 21 heavy (non-hydrogen) atoms. The van der Waals surface area contributed by atoms with Crippen molar-refractivity contribution in [2.75, 3.05) is 25.5 Å². The number of hydrogen-bond acceptors (Lipinski definition) is 4. The van der Waals surface area contributed by atoms with Crippen LogP contribution in [0.25, 0.3) is 0 Å². The van der Waals surface area contributed by atoms with Gasteiger partial charge in [-0.1, -0.05) is 13.3 Å². The van der Waals surface area contributed by atoms with Gasteiger partial charge in [-0.05, 0) is 25.0 Å². The molecule has 0 radical (unpaired) electrons. The molecule has 0 bridgehead atoms. The smallest absolute Gasteiger partial charge is 0.243 e. The summed E-state index contributed by atoms with van der Waals surface area (Å²) in [6.07, 6.45) is 2.44. The number of anilines is 1. The maximum absolute atomic E-state index is 13.7. The molecule has 0 aromatic heterocycles. The molecule has 0 aliphatic heterocycles. The Morgan fingerprint density at radius 3 is 2.57 bits per heavy atom. The van der Waals surface area contributed by atoms with Crippen LogP contribution >= 0.6 is 0 Å². The molecule has 0 fully saturated rings. The number of benzene rings is 1. The first-order valence-electron chi connectivity index (χ1n) is 6.71. The van der Waals surface area contributed by atoms with E-state index in [1.54, 1.807) is 0 Å². The summed E-state index contributed by atoms with van der Waals surface area (Å²) in [5, 5.41) is 0. The Bertz CT molecular complexity index is 565. The Balaban J connectivity index is 2.53. The number of unbranched alkanes of at least 4 members (excludes halogenated alkanes) is 1. The first-order valence-corrected chi connectivity index (χ1v) is 8.19. The number of rotatable bonds is 9. The minimum atomic E-state index is -4.05. The maximum Gasteiger partial charge on any atom is 0.243 e. The molecule has 0 atom stereocenters. The third-order valence-corrected chi connectivity index (χ3v) is 4.26. The second kappa shape index (κ2) is 8.26. The number of nitrogen functional groups attached to an aromatic ring is 1. The minimum Gasteiger partial charge on any atom is -0.394 e. The second-order valence-corrected chi connectivity index (χ2v) is 6.23. The number of nitrogens with one attached hydrogen (secondary N) is 1. The molecule has 3 N–H and O–H groups in total. The molecule has 0 aliphatic carbocycles. The Morgan fingerprint density at radius 2 is 1.90 bits per heavy atom. The lowest BCUT2D eigenvalue weighted by Crippen LogP contribution is -2.26. The van der Waals surface area contributed by atoms with Crippen LogP contribution in [0.5, 0.6) is 0 Å². The Morgan fingerprint density at radius 1 is 1.24 bits per heavy atom. The van der Waals surface area contributed by atoms with Crippen LogP contribution in [0.2, 0.25) is 0 Å². The van der Waals surface area contributed by atoms with Crippen LogP contribution in [-0.4, -0.2) is 28.2 Å². The predicted molar refractivity (Wildman–Crippen MR) is 76.3 cm³/mol. The third kappa shape index (κ3) is 5.22. The fourth-order valence-electron chi connectivity index (χ4n) is 1.56. The summed E-state index contributed by atoms with van der Waals surface area (Å²) >= 11 is 0. The van der Waals surface area contributed by atoms with Crippen molar-refractivity contribution in [1.82, 2.24) is 4.72 Å². The molecule has 1 rings (SSSR count). The molecule has 0 aliphatic rings. The zero-order valence-electron chi connectivity index (χ0n) is 11.9. The van der Waals surface area contributed by atoms with E-state index >= 15 is 0 Å². The highest BCUT2D eigenvalue weighted by Gasteiger charge is 2.21. The fourth-order valence-corrected chi connectivity index (χ4v) is 2.73. The molecule has 0 spiro atoms. The summed E-state index contributed by atoms with van der Waals surface area (Å²) in [4.78, 5) is -0.659. The Labute approximate surface area is 123 Å². The van der Waals surface area contributed by atoms with Gasteiger partial charge in [0.1, 0.15) is 16.4 Å². The van der Waals surface area contributed by atoms with Crippen molar-refractivity contribution < 1.29 is 21.9 Å². The summed E-state index contributed by atoms with van der Waals surface area (Å²) in [5.41, 5.74) is 4.34. The quantitative estimate of drug-likeness (QED) is 0.538. The molecule has 0 heterocycles. The average Bonchev–Trinajstić information content (AvgIpc) is 2.43. The van der Waals surface area contributed by atoms with Gasteiger partial charge in [-0.3, -0.25) is 0 Å². The SMILES string of the molecule is CCCCOCCCNS(=O)(=O)c1ccc(F)c(N)c1F. The predicted octanol–water partition coefficient (Wildman–Crippen LogP) is 2.03. The molecular weight excluding hydrogens is 302 g/mol. The van der Waals surface area contributed by atoms with Crippen LogP contribution in [0.3, 0.4) is 0 Å². The molecular formula is C13H20F2N2O3S. The van der Waals surface area contributed by atoms with Crippen LogP contribution < -0.4 is 10.5 Å². The lowest BCUT2D eigenvalue weighted by molar-refractivity contribution is 0.130. The highest BCUT2D eigenvalue weighted by Crippen LogP contribution is 2.22. The van der Waals surface area contributed by atoms with E-state index in [4.69, 9.17) is 10.5 Å². The second-order valence-electron chi connectivity index (χ2n) is 4.49. The minimum absolute atomic E-state index is 0.102. The molecule has 1 aromatic rings. The number of ether oxygens (including phenoxy) is 1. The van der Waals surface area contributed by atoms with Gasteiger partial charge in [0.15, 0.2) is 5.82 Å². The van der Waals surface area contributed by atoms with Gasteiger partial charge in [0.05, 0.1) is 0 Å². The van der Waals surface area contributed by atoms with E-state index in [9.17, 15) is 17.2 Å². The fraction of sp³-hybridized carbons (Fsp3) is 0.538. The Kier molecular flexibility index (Phi) is 7.00. The van der Waals surface area contributed by atoms with Gasteiger partial charge in [-0.2, -0.15) is 0 Å². The molecule has 0 amide bonds. The maximum atomic E-state index is 13.7. The van der Waals surface area contributed by atoms with E-state index in [0.717, 1.165) is 25.0 Å². The first-order chi connectivity index (χ1) is 9.90. The number of hydrogen-bond donors (Lipinski definition) is 2. The van der Waals surface area contributed by atoms with Gasteiger partial charge < -0.3 is 10.5 Å². The third-order valence-electron chi connectivity index (χ3n) is 2.78. The Hall–Kier alpha value is -1.25. The van der Waals surface area contributed by atoms with Crippen LogP contribution in [-0.2, 0) is 14.8 Å². The van der Waals surface area contributed by atoms with E-state index in [1.165, 1.54) is 0 Å². The van der Waals surface area contributed by atoms with E-state index in [1.807, 2.05) is 6.92 Å². The topological polar surface area (TPSA) is 81.4 Å². The normalized spacial score (nSPS) is 11.8. The van der Waals surface area contributed by atoms with E-state index in [-0.39, 0.29) is 6.54 Å². The molecule has 0 unspecified atom stereocenters. The summed E-state index contributed by atoms with van der Waals surface area (Å²) in [7, 11) is -4.05. The number of halogens is 2. The van der Waals surface area contributed by atoms with Crippen molar-refractivity contribution in [1.29, 1.82) is 0 Å². The van der Waals surface area contributed by atoms with Crippen LogP contribution in [0.15, 0.2) is 17.0 Å². The first kappa shape index (κ1) is 17.8. The zero-order valence-corrected chi connectivity index (χ0v) is 12.7. The lowest BCUT2D eigenvalue weighted by Gasteiger charge is -2.09. The molecule has 0 saturated heterocycles. The van der Waals surface area contributed by atoms with Gasteiger partial charge >= 0.3 is 0 Å². The monoisotopic (exact) mass is 322 g/mol. The molecule has 0 saturated carbocycles. The average molecular weight is 322 g/mol. The highest BCUT2D eigenvalue weighted by atomic mass is 32.2. The van der Waals surface area contributed by atoms with Crippen molar-refractivity contribution >= 4 is 15.7 Å². The van der Waals surface area contributed by atoms with Crippen molar-refractivity contribution in [3.05, 3.63) is 23.8 Å². The largest absolute Gasteiger partial charge is 0.394 e. The van der Waals surface area contributed by atoms with E-state index in [2.05, 4.69) is 4.72 Å². The van der Waals surface area contributed by atoms with Gasteiger partial charge in [-0.15, -0.1) is 0 Å². The highest BCUT2D eigenvalue weighted by molar-refractivity contribution is 7.89. The van der Waals surface area contributed by atoms with Crippen LogP contribution in [0, 0.1) is 11.6 Å². The van der Waals surface area contributed by atoms with Crippen LogP contribution in [0.1, 0.15) is 26.2 Å². The number of nitrogens with two attached hydrogens (primary N) is 1. The summed E-state index contributed by atoms with van der Waals surface area (Å²) < 4.78 is 57.9. The van der Waals surface area contributed by atoms with Gasteiger partial charge in [0.2, 0.25) is 10.0 Å². The van der Waals surface area contributed by atoms with E-state index in [0.29, 0.717) is 19.6 Å². The van der Waals surface area contributed by atoms with E-state index < -0.39 is 32.2 Å². The number of sulfonamides is 1. The standard InChI is InChI=1S/C13H20F2N2O3S/c1-2-3-8-20-9-4-7-17-21(18,19)11-6-5-10(14)13(16)12(11)15/h5-6,17H,2-4,7-9,16H2,1H3. The van der Waals surface area contributed by atoms with Gasteiger partial charge in [-0.25, -0.2) is 21.9 Å².